The summed E-state index contributed by atoms with van der Waals surface area (Å²) in [5.41, 5.74) is -0.0859. The number of carboxylic acid groups (broad SMARTS) is 1. The zero-order valence-corrected chi connectivity index (χ0v) is 13.5. The Bertz CT molecular complexity index is 359. The summed E-state index contributed by atoms with van der Waals surface area (Å²) in [6, 6.07) is -0.245. The van der Waals surface area contributed by atoms with Crippen LogP contribution in [0.25, 0.3) is 0 Å². The molecule has 0 saturated carbocycles. The van der Waals surface area contributed by atoms with E-state index in [0.29, 0.717) is 13.0 Å². The highest BCUT2D eigenvalue weighted by Gasteiger charge is 2.26. The Labute approximate surface area is 126 Å². The third-order valence-electron chi connectivity index (χ3n) is 3.56. The molecular formula is C15H28N2O4. The number of hydrogen-bond donors (Lipinski definition) is 2. The number of nitrogens with zero attached hydrogens (tertiary/aromatic N) is 1. The molecule has 0 aliphatic carbocycles. The Morgan fingerprint density at radius 2 is 2.10 bits per heavy atom. The van der Waals surface area contributed by atoms with E-state index in [1.165, 1.54) is 0 Å². The zero-order chi connectivity index (χ0) is 16.0. The number of rotatable bonds is 6. The largest absolute Gasteiger partial charge is 0.481 e. The van der Waals surface area contributed by atoms with Crippen molar-refractivity contribution in [2.45, 2.75) is 46.1 Å². The minimum absolute atomic E-state index is 0.0859. The Hall–Kier alpha value is -1.30. The standard InChI is InChI=1S/C15H28N2O4/c1-15(2,3)8-11(13(18)19)9-16-14(20)17(4)10-12-6-5-7-21-12/h11-12H,5-10H2,1-4H3,(H,16,20)(H,18,19). The lowest BCUT2D eigenvalue weighted by Gasteiger charge is -2.25. The molecule has 6 nitrogen and oxygen atoms in total. The van der Waals surface area contributed by atoms with Crippen molar-refractivity contribution < 1.29 is 19.4 Å². The lowest BCUT2D eigenvalue weighted by Crippen LogP contribution is -2.44. The first kappa shape index (κ1) is 17.8. The number of urea groups is 1. The molecule has 2 N–H and O–H groups in total. The quantitative estimate of drug-likeness (QED) is 0.786. The third-order valence-corrected chi connectivity index (χ3v) is 3.56. The topological polar surface area (TPSA) is 78.9 Å². The molecule has 2 atom stereocenters. The minimum atomic E-state index is -0.869. The first-order valence-electron chi connectivity index (χ1n) is 7.52. The van der Waals surface area contributed by atoms with Gasteiger partial charge in [0.1, 0.15) is 0 Å². The Morgan fingerprint density at radius 3 is 2.57 bits per heavy atom. The first-order valence-corrected chi connectivity index (χ1v) is 7.52. The second kappa shape index (κ2) is 7.64. The number of nitrogens with one attached hydrogen (secondary N) is 1. The number of carbonyl (C=O) groups excluding carboxylic acids is 1. The van der Waals surface area contributed by atoms with Crippen molar-refractivity contribution in [3.63, 3.8) is 0 Å². The van der Waals surface area contributed by atoms with Crippen LogP contribution in [-0.4, -0.2) is 54.9 Å². The maximum absolute atomic E-state index is 12.0. The summed E-state index contributed by atoms with van der Waals surface area (Å²) in [7, 11) is 1.70. The molecule has 0 aromatic rings. The Morgan fingerprint density at radius 1 is 1.43 bits per heavy atom. The van der Waals surface area contributed by atoms with Crippen molar-refractivity contribution in [3.8, 4) is 0 Å². The van der Waals surface area contributed by atoms with Gasteiger partial charge in [-0.3, -0.25) is 4.79 Å². The predicted octanol–water partition coefficient (Wildman–Crippen LogP) is 1.94. The number of ether oxygens (including phenoxy) is 1. The van der Waals surface area contributed by atoms with Gasteiger partial charge >= 0.3 is 12.0 Å². The molecule has 1 rings (SSSR count). The molecule has 0 spiro atoms. The van der Waals surface area contributed by atoms with Crippen LogP contribution < -0.4 is 5.32 Å². The fourth-order valence-electron chi connectivity index (χ4n) is 2.51. The maximum atomic E-state index is 12.0. The Kier molecular flexibility index (Phi) is 6.45. The highest BCUT2D eigenvalue weighted by Crippen LogP contribution is 2.24. The van der Waals surface area contributed by atoms with Gasteiger partial charge in [0.15, 0.2) is 0 Å². The molecule has 1 aliphatic rings. The van der Waals surface area contributed by atoms with Crippen LogP contribution in [0.3, 0.4) is 0 Å². The lowest BCUT2D eigenvalue weighted by atomic mass is 9.84. The van der Waals surface area contributed by atoms with Crippen LogP contribution in [-0.2, 0) is 9.53 Å². The summed E-state index contributed by atoms with van der Waals surface area (Å²) >= 11 is 0. The molecule has 0 bridgehead atoms. The summed E-state index contributed by atoms with van der Waals surface area (Å²) in [6.07, 6.45) is 2.63. The van der Waals surface area contributed by atoms with Crippen LogP contribution in [0.15, 0.2) is 0 Å². The highest BCUT2D eigenvalue weighted by molar-refractivity contribution is 5.75. The van der Waals surface area contributed by atoms with Crippen LogP contribution in [0.2, 0.25) is 0 Å². The van der Waals surface area contributed by atoms with E-state index in [-0.39, 0.29) is 24.1 Å². The van der Waals surface area contributed by atoms with Gasteiger partial charge in [-0.2, -0.15) is 0 Å². The number of amides is 2. The van der Waals surface area contributed by atoms with Gasteiger partial charge < -0.3 is 20.1 Å². The summed E-state index contributed by atoms with van der Waals surface area (Å²) < 4.78 is 5.49. The molecule has 0 aromatic carbocycles. The smallest absolute Gasteiger partial charge is 0.317 e. The van der Waals surface area contributed by atoms with E-state index in [1.54, 1.807) is 11.9 Å². The minimum Gasteiger partial charge on any atom is -0.481 e. The fraction of sp³-hybridized carbons (Fsp3) is 0.867. The molecule has 1 aliphatic heterocycles. The van der Waals surface area contributed by atoms with E-state index in [2.05, 4.69) is 5.32 Å². The lowest BCUT2D eigenvalue weighted by molar-refractivity contribution is -0.142. The van der Waals surface area contributed by atoms with E-state index >= 15 is 0 Å². The SMILES string of the molecule is CN(CC1CCCO1)C(=O)NCC(CC(C)(C)C)C(=O)O. The monoisotopic (exact) mass is 300 g/mol. The van der Waals surface area contributed by atoms with Crippen LogP contribution in [0.5, 0.6) is 0 Å². The molecule has 6 heteroatoms. The summed E-state index contributed by atoms with van der Waals surface area (Å²) in [4.78, 5) is 24.8. The molecule has 2 unspecified atom stereocenters. The molecule has 1 fully saturated rings. The number of aliphatic carboxylic acids is 1. The molecule has 0 radical (unpaired) electrons. The van der Waals surface area contributed by atoms with Crippen LogP contribution in [0.1, 0.15) is 40.0 Å². The van der Waals surface area contributed by atoms with Crippen LogP contribution >= 0.6 is 0 Å². The number of carboxylic acids is 1. The summed E-state index contributed by atoms with van der Waals surface area (Å²) in [6.45, 7) is 7.44. The van der Waals surface area contributed by atoms with E-state index < -0.39 is 11.9 Å². The van der Waals surface area contributed by atoms with Crippen molar-refractivity contribution in [2.24, 2.45) is 11.3 Å². The Balaban J connectivity index is 2.39. The molecule has 1 saturated heterocycles. The average Bonchev–Trinajstić information content (AvgIpc) is 2.85. The van der Waals surface area contributed by atoms with Crippen LogP contribution in [0.4, 0.5) is 4.79 Å². The van der Waals surface area contributed by atoms with Crippen molar-refractivity contribution in [2.75, 3.05) is 26.7 Å². The van der Waals surface area contributed by atoms with Crippen molar-refractivity contribution in [1.29, 1.82) is 0 Å². The third kappa shape index (κ3) is 6.80. The van der Waals surface area contributed by atoms with Gasteiger partial charge in [-0.25, -0.2) is 4.79 Å². The predicted molar refractivity (Wildman–Crippen MR) is 80.2 cm³/mol. The normalized spacial score (nSPS) is 20.1. The second-order valence-corrected chi connectivity index (χ2v) is 7.00. The van der Waals surface area contributed by atoms with E-state index in [4.69, 9.17) is 4.74 Å². The van der Waals surface area contributed by atoms with Gasteiger partial charge in [-0.15, -0.1) is 0 Å². The van der Waals surface area contributed by atoms with Gasteiger partial charge in [-0.1, -0.05) is 20.8 Å². The van der Waals surface area contributed by atoms with E-state index in [9.17, 15) is 14.7 Å². The summed E-state index contributed by atoms with van der Waals surface area (Å²) in [5, 5.41) is 11.9. The van der Waals surface area contributed by atoms with E-state index in [1.807, 2.05) is 20.8 Å². The average molecular weight is 300 g/mol. The molecule has 1 heterocycles. The van der Waals surface area contributed by atoms with Crippen molar-refractivity contribution in [1.82, 2.24) is 10.2 Å². The fourth-order valence-corrected chi connectivity index (χ4v) is 2.51. The molecule has 21 heavy (non-hydrogen) atoms. The first-order chi connectivity index (χ1) is 9.69. The number of hydrogen-bond acceptors (Lipinski definition) is 3. The van der Waals surface area contributed by atoms with Gasteiger partial charge in [-0.05, 0) is 24.7 Å². The van der Waals surface area contributed by atoms with Crippen LogP contribution in [0, 0.1) is 11.3 Å². The summed E-state index contributed by atoms with van der Waals surface area (Å²) in [5.74, 6) is -1.43. The molecule has 122 valence electrons. The molecule has 2 amide bonds. The zero-order valence-electron chi connectivity index (χ0n) is 13.5. The number of likely N-dealkylation sites (N-methyl/N-ethyl adjacent to an activating group) is 1. The van der Waals surface area contributed by atoms with Crippen molar-refractivity contribution >= 4 is 12.0 Å². The van der Waals surface area contributed by atoms with Gasteiger partial charge in [0.25, 0.3) is 0 Å². The van der Waals surface area contributed by atoms with Gasteiger partial charge in [0, 0.05) is 26.7 Å². The molecular weight excluding hydrogens is 272 g/mol. The highest BCUT2D eigenvalue weighted by atomic mass is 16.5. The van der Waals surface area contributed by atoms with Gasteiger partial charge in [0.05, 0.1) is 12.0 Å². The maximum Gasteiger partial charge on any atom is 0.317 e. The van der Waals surface area contributed by atoms with E-state index in [0.717, 1.165) is 19.4 Å². The number of carbonyl (C=O) groups is 2. The molecule has 0 aromatic heterocycles. The van der Waals surface area contributed by atoms with Gasteiger partial charge in [0.2, 0.25) is 0 Å². The second-order valence-electron chi connectivity index (χ2n) is 7.00. The van der Waals surface area contributed by atoms with Crippen molar-refractivity contribution in [3.05, 3.63) is 0 Å².